The molecule has 6 heteroatoms. The zero-order valence-corrected chi connectivity index (χ0v) is 18.5. The second kappa shape index (κ2) is 12.2. The molecule has 0 amide bonds. The summed E-state index contributed by atoms with van der Waals surface area (Å²) < 4.78 is 11.5. The normalized spacial score (nSPS) is 11.4. The van der Waals surface area contributed by atoms with Gasteiger partial charge >= 0.3 is 0 Å². The van der Waals surface area contributed by atoms with Crippen LogP contribution in [0.2, 0.25) is 0 Å². The Morgan fingerprint density at radius 2 is 1.83 bits per heavy atom. The van der Waals surface area contributed by atoms with Gasteiger partial charge in [-0.05, 0) is 63.3 Å². The van der Waals surface area contributed by atoms with E-state index in [1.807, 2.05) is 42.5 Å². The van der Waals surface area contributed by atoms with Gasteiger partial charge in [0, 0.05) is 11.3 Å². The monoisotopic (exact) mass is 423 g/mol. The van der Waals surface area contributed by atoms with Crippen LogP contribution in [0.25, 0.3) is 17.5 Å². The van der Waals surface area contributed by atoms with E-state index >= 15 is 0 Å². The van der Waals surface area contributed by atoms with Gasteiger partial charge in [0.15, 0.2) is 0 Å². The van der Waals surface area contributed by atoms with Crippen molar-refractivity contribution in [3.05, 3.63) is 72.1 Å². The summed E-state index contributed by atoms with van der Waals surface area (Å²) in [6.45, 7) is 1.76. The summed E-state index contributed by atoms with van der Waals surface area (Å²) in [4.78, 5) is 2.21. The smallest absolute Gasteiger partial charge is 0.247 e. The summed E-state index contributed by atoms with van der Waals surface area (Å²) >= 11 is 1.72. The molecule has 2 aromatic carbocycles. The van der Waals surface area contributed by atoms with Crippen molar-refractivity contribution in [2.24, 2.45) is 0 Å². The van der Waals surface area contributed by atoms with E-state index in [1.165, 1.54) is 12.0 Å². The predicted molar refractivity (Wildman–Crippen MR) is 125 cm³/mol. The van der Waals surface area contributed by atoms with Gasteiger partial charge in [0.1, 0.15) is 5.75 Å². The first kappa shape index (κ1) is 22.1. The zero-order valence-electron chi connectivity index (χ0n) is 17.7. The van der Waals surface area contributed by atoms with E-state index in [-0.39, 0.29) is 0 Å². The third-order valence-electron chi connectivity index (χ3n) is 4.38. The lowest BCUT2D eigenvalue weighted by Gasteiger charge is -2.06. The molecule has 3 aromatic rings. The van der Waals surface area contributed by atoms with Gasteiger partial charge in [0.05, 0.1) is 12.4 Å². The molecule has 0 N–H and O–H groups in total. The van der Waals surface area contributed by atoms with Crippen LogP contribution >= 0.6 is 11.8 Å². The molecule has 3 rings (SSSR count). The lowest BCUT2D eigenvalue weighted by atomic mass is 10.1. The largest absolute Gasteiger partial charge is 0.493 e. The third-order valence-corrected chi connectivity index (χ3v) is 5.28. The number of ether oxygens (including phenoxy) is 1. The van der Waals surface area contributed by atoms with Gasteiger partial charge in [0.25, 0.3) is 0 Å². The van der Waals surface area contributed by atoms with Crippen molar-refractivity contribution in [1.82, 2.24) is 15.1 Å². The van der Waals surface area contributed by atoms with Crippen LogP contribution in [0.5, 0.6) is 5.75 Å². The molecule has 158 valence electrons. The first-order valence-corrected chi connectivity index (χ1v) is 11.4. The molecule has 30 heavy (non-hydrogen) atoms. The molecule has 0 radical (unpaired) electrons. The van der Waals surface area contributed by atoms with Crippen LogP contribution < -0.4 is 4.74 Å². The number of rotatable bonds is 12. The quantitative estimate of drug-likeness (QED) is 0.363. The van der Waals surface area contributed by atoms with Crippen LogP contribution in [-0.4, -0.2) is 48.1 Å². The Morgan fingerprint density at radius 1 is 1.03 bits per heavy atom. The number of para-hydroxylation sites is 1. The molecule has 0 spiro atoms. The van der Waals surface area contributed by atoms with E-state index < -0.39 is 0 Å². The van der Waals surface area contributed by atoms with Crippen LogP contribution in [-0.2, 0) is 5.75 Å². The average molecular weight is 424 g/mol. The van der Waals surface area contributed by atoms with Gasteiger partial charge in [-0.1, -0.05) is 42.5 Å². The van der Waals surface area contributed by atoms with Crippen molar-refractivity contribution in [3.63, 3.8) is 0 Å². The van der Waals surface area contributed by atoms with Crippen LogP contribution in [0.1, 0.15) is 24.3 Å². The number of hydrogen-bond donors (Lipinski definition) is 0. The highest BCUT2D eigenvalue weighted by Crippen LogP contribution is 2.21. The predicted octanol–water partition coefficient (Wildman–Crippen LogP) is 5.40. The second-order valence-corrected chi connectivity index (χ2v) is 8.29. The molecule has 0 saturated heterocycles. The lowest BCUT2D eigenvalue weighted by molar-refractivity contribution is 0.344. The number of benzene rings is 2. The van der Waals surface area contributed by atoms with Gasteiger partial charge in [-0.15, -0.1) is 22.0 Å². The van der Waals surface area contributed by atoms with E-state index in [9.17, 15) is 0 Å². The molecular weight excluding hydrogens is 394 g/mol. The van der Waals surface area contributed by atoms with Gasteiger partial charge in [-0.2, -0.15) is 0 Å². The maximum Gasteiger partial charge on any atom is 0.247 e. The van der Waals surface area contributed by atoms with Crippen LogP contribution in [0.3, 0.4) is 0 Å². The minimum Gasteiger partial charge on any atom is -0.493 e. The maximum absolute atomic E-state index is 5.80. The Kier molecular flexibility index (Phi) is 9.00. The number of thioether (sulfide) groups is 1. The molecule has 0 aliphatic carbocycles. The summed E-state index contributed by atoms with van der Waals surface area (Å²) in [7, 11) is 4.20. The standard InChI is InChI=1S/C24H29N3O2S/c1-27(2)16-8-4-5-9-20-12-14-21(15-13-20)24-26-25-23(29-24)19-30-18-17-28-22-10-6-3-7-11-22/h3,5-7,9-15H,4,8,16-19H2,1-2H3. The summed E-state index contributed by atoms with van der Waals surface area (Å²) in [5, 5.41) is 8.34. The lowest BCUT2D eigenvalue weighted by Crippen LogP contribution is -2.12. The second-order valence-electron chi connectivity index (χ2n) is 7.18. The summed E-state index contributed by atoms with van der Waals surface area (Å²) in [6, 6.07) is 18.1. The van der Waals surface area contributed by atoms with Gasteiger partial charge in [-0.25, -0.2) is 0 Å². The molecule has 0 fully saturated rings. The Balaban J connectivity index is 1.40. The Hall–Kier alpha value is -2.57. The molecule has 1 aromatic heterocycles. The van der Waals surface area contributed by atoms with Gasteiger partial charge < -0.3 is 14.1 Å². The summed E-state index contributed by atoms with van der Waals surface area (Å²) in [5.41, 5.74) is 2.12. The molecule has 1 heterocycles. The van der Waals surface area contributed by atoms with E-state index in [4.69, 9.17) is 9.15 Å². The fraction of sp³-hybridized carbons (Fsp3) is 0.333. The molecule has 0 aliphatic rings. The molecule has 0 atom stereocenters. The molecule has 0 unspecified atom stereocenters. The van der Waals surface area contributed by atoms with Crippen LogP contribution in [0, 0.1) is 0 Å². The zero-order chi connectivity index (χ0) is 21.0. The molecule has 0 bridgehead atoms. The van der Waals surface area contributed by atoms with Crippen LogP contribution in [0.15, 0.2) is 65.1 Å². The topological polar surface area (TPSA) is 51.4 Å². The minimum absolute atomic E-state index is 0.563. The number of unbranched alkanes of at least 4 members (excludes halogenated alkanes) is 1. The van der Waals surface area contributed by atoms with Gasteiger partial charge in [0.2, 0.25) is 11.8 Å². The van der Waals surface area contributed by atoms with Gasteiger partial charge in [-0.3, -0.25) is 0 Å². The Labute approximate surface area is 183 Å². The highest BCUT2D eigenvalue weighted by Gasteiger charge is 2.08. The van der Waals surface area contributed by atoms with Crippen molar-refractivity contribution >= 4 is 17.8 Å². The summed E-state index contributed by atoms with van der Waals surface area (Å²) in [5.74, 6) is 3.64. The average Bonchev–Trinajstić information content (AvgIpc) is 3.23. The number of hydrogen-bond acceptors (Lipinski definition) is 6. The first-order valence-electron chi connectivity index (χ1n) is 10.2. The number of allylic oxidation sites excluding steroid dienone is 1. The van der Waals surface area contributed by atoms with Crippen molar-refractivity contribution in [2.45, 2.75) is 18.6 Å². The third kappa shape index (κ3) is 7.69. The Morgan fingerprint density at radius 3 is 2.60 bits per heavy atom. The highest BCUT2D eigenvalue weighted by molar-refractivity contribution is 7.98. The van der Waals surface area contributed by atoms with E-state index in [1.54, 1.807) is 11.8 Å². The van der Waals surface area contributed by atoms with E-state index in [0.29, 0.717) is 24.1 Å². The molecular formula is C24H29N3O2S. The van der Waals surface area contributed by atoms with E-state index in [2.05, 4.69) is 53.5 Å². The maximum atomic E-state index is 5.80. The SMILES string of the molecule is CN(C)CCCC=Cc1ccc(-c2nnc(CSCCOc3ccccc3)o2)cc1. The highest BCUT2D eigenvalue weighted by atomic mass is 32.2. The minimum atomic E-state index is 0.563. The number of aromatic nitrogens is 2. The molecule has 5 nitrogen and oxygen atoms in total. The molecule has 0 saturated carbocycles. The Bertz CT molecular complexity index is 892. The van der Waals surface area contributed by atoms with E-state index in [0.717, 1.165) is 30.0 Å². The molecule has 0 aliphatic heterocycles. The fourth-order valence-corrected chi connectivity index (χ4v) is 3.44. The first-order chi connectivity index (χ1) is 14.7. The van der Waals surface area contributed by atoms with Crippen molar-refractivity contribution in [1.29, 1.82) is 0 Å². The van der Waals surface area contributed by atoms with Crippen LogP contribution in [0.4, 0.5) is 0 Å². The fourth-order valence-electron chi connectivity index (χ4n) is 2.80. The van der Waals surface area contributed by atoms with Crippen molar-refractivity contribution < 1.29 is 9.15 Å². The summed E-state index contributed by atoms with van der Waals surface area (Å²) in [6.07, 6.45) is 6.64. The number of nitrogens with zero attached hydrogens (tertiary/aromatic N) is 3. The van der Waals surface area contributed by atoms with Crippen molar-refractivity contribution in [3.8, 4) is 17.2 Å². The van der Waals surface area contributed by atoms with Crippen molar-refractivity contribution in [2.75, 3.05) is 33.0 Å².